The summed E-state index contributed by atoms with van der Waals surface area (Å²) < 4.78 is 0. The Morgan fingerprint density at radius 2 is 2.36 bits per heavy atom. The summed E-state index contributed by atoms with van der Waals surface area (Å²) in [5.74, 6) is 0. The molecule has 4 N–H and O–H groups in total. The molecule has 0 radical (unpaired) electrons. The van der Waals surface area contributed by atoms with E-state index in [0.29, 0.717) is 17.1 Å². The van der Waals surface area contributed by atoms with Crippen molar-refractivity contribution in [2.75, 3.05) is 5.32 Å². The van der Waals surface area contributed by atoms with Crippen molar-refractivity contribution in [3.8, 4) is 0 Å². The maximum atomic E-state index is 11.1. The molecular formula is C8H8N4O2. The highest BCUT2D eigenvalue weighted by Gasteiger charge is 2.14. The van der Waals surface area contributed by atoms with Crippen LogP contribution in [0.1, 0.15) is 0 Å². The number of hydrogen-bond acceptors (Lipinski definition) is 3. The van der Waals surface area contributed by atoms with Crippen LogP contribution in [-0.2, 0) is 0 Å². The average molecular weight is 192 g/mol. The van der Waals surface area contributed by atoms with Gasteiger partial charge in [0.25, 0.3) is 0 Å². The van der Waals surface area contributed by atoms with Crippen molar-refractivity contribution in [3.63, 3.8) is 0 Å². The maximum Gasteiger partial charge on any atom is 0.316 e. The molecule has 72 valence electrons. The second-order valence-electron chi connectivity index (χ2n) is 2.84. The van der Waals surface area contributed by atoms with E-state index in [1.807, 2.05) is 0 Å². The van der Waals surface area contributed by atoms with Crippen molar-refractivity contribution in [3.05, 3.63) is 23.4 Å². The minimum Gasteiger partial charge on any atom is -0.623 e. The van der Waals surface area contributed by atoms with Crippen LogP contribution in [0, 0.1) is 5.21 Å². The summed E-state index contributed by atoms with van der Waals surface area (Å²) in [7, 11) is 0. The minimum atomic E-state index is -0.641. The lowest BCUT2D eigenvalue weighted by Crippen LogP contribution is -2.99. The number of carbonyl (C=O) groups excluding carboxylic acids is 1. The summed E-state index contributed by atoms with van der Waals surface area (Å²) in [6.07, 6.45) is 1.25. The van der Waals surface area contributed by atoms with Gasteiger partial charge in [0.05, 0.1) is 0 Å². The first-order valence-electron chi connectivity index (χ1n) is 3.96. The largest absolute Gasteiger partial charge is 0.623 e. The van der Waals surface area contributed by atoms with Gasteiger partial charge in [-0.05, 0) is 12.1 Å². The highest BCUT2D eigenvalue weighted by molar-refractivity contribution is 5.89. The number of carbonyl (C=O) groups is 1. The highest BCUT2D eigenvalue weighted by atomic mass is 16.5. The first kappa shape index (κ1) is 8.67. The van der Waals surface area contributed by atoms with Gasteiger partial charge < -0.3 is 16.3 Å². The Morgan fingerprint density at radius 3 is 3.07 bits per heavy atom. The SMILES string of the molecule is NC(=O)Nc1ccc2c(c1)N=C[NH+]2[O-]. The number of nitrogens with one attached hydrogen (secondary N) is 2. The van der Waals surface area contributed by atoms with Gasteiger partial charge in [-0.15, -0.1) is 0 Å². The van der Waals surface area contributed by atoms with Crippen LogP contribution in [0.2, 0.25) is 0 Å². The molecule has 1 atom stereocenters. The maximum absolute atomic E-state index is 11.1. The molecule has 0 spiro atoms. The zero-order valence-corrected chi connectivity index (χ0v) is 7.15. The van der Waals surface area contributed by atoms with Crippen molar-refractivity contribution >= 4 is 29.4 Å². The van der Waals surface area contributed by atoms with Crippen LogP contribution in [0.25, 0.3) is 0 Å². The molecule has 6 nitrogen and oxygen atoms in total. The van der Waals surface area contributed by atoms with E-state index in [1.54, 1.807) is 18.2 Å². The molecule has 1 unspecified atom stereocenters. The van der Waals surface area contributed by atoms with E-state index in [0.717, 1.165) is 0 Å². The molecule has 1 aromatic rings. The highest BCUT2D eigenvalue weighted by Crippen LogP contribution is 2.27. The van der Waals surface area contributed by atoms with Gasteiger partial charge in [-0.1, -0.05) is 0 Å². The van der Waals surface area contributed by atoms with E-state index in [-0.39, 0.29) is 5.06 Å². The molecule has 2 rings (SSSR count). The summed E-state index contributed by atoms with van der Waals surface area (Å²) in [6, 6.07) is 4.17. The van der Waals surface area contributed by atoms with Gasteiger partial charge in [-0.3, -0.25) is 5.06 Å². The predicted molar refractivity (Wildman–Crippen MR) is 51.8 cm³/mol. The number of primary amides is 1. The number of benzene rings is 1. The lowest BCUT2D eigenvalue weighted by molar-refractivity contribution is -0.655. The second kappa shape index (κ2) is 3.09. The van der Waals surface area contributed by atoms with Crippen LogP contribution in [0.3, 0.4) is 0 Å². The standard InChI is InChI=1S/C8H8N4O2/c9-8(13)11-5-1-2-7-6(3-5)10-4-12(7)14/h1-4,12H,(H3,9,11,13). The van der Waals surface area contributed by atoms with Crippen LogP contribution >= 0.6 is 0 Å². The monoisotopic (exact) mass is 192 g/mol. The van der Waals surface area contributed by atoms with Crippen molar-refractivity contribution in [2.45, 2.75) is 0 Å². The second-order valence-corrected chi connectivity index (χ2v) is 2.84. The number of quaternary nitrogens is 1. The smallest absolute Gasteiger partial charge is 0.316 e. The Hall–Kier alpha value is -1.92. The lowest BCUT2D eigenvalue weighted by atomic mass is 10.2. The van der Waals surface area contributed by atoms with Gasteiger partial charge in [0.2, 0.25) is 0 Å². The summed E-state index contributed by atoms with van der Waals surface area (Å²) >= 11 is 0. The van der Waals surface area contributed by atoms with E-state index in [2.05, 4.69) is 10.3 Å². The number of nitrogens with zero attached hydrogens (tertiary/aromatic N) is 1. The summed E-state index contributed by atoms with van der Waals surface area (Å²) in [5, 5.41) is 13.4. The van der Waals surface area contributed by atoms with Gasteiger partial charge in [-0.2, -0.15) is 4.99 Å². The topological polar surface area (TPSA) is 95.0 Å². The van der Waals surface area contributed by atoms with Crippen LogP contribution in [0.15, 0.2) is 23.2 Å². The normalized spacial score (nSPS) is 17.9. The van der Waals surface area contributed by atoms with Gasteiger partial charge >= 0.3 is 6.03 Å². The number of amides is 2. The van der Waals surface area contributed by atoms with E-state index in [9.17, 15) is 10.0 Å². The molecule has 1 aromatic carbocycles. The Bertz CT molecular complexity index is 416. The Morgan fingerprint density at radius 1 is 1.57 bits per heavy atom. The van der Waals surface area contributed by atoms with Crippen LogP contribution in [0.5, 0.6) is 0 Å². The van der Waals surface area contributed by atoms with E-state index < -0.39 is 6.03 Å². The molecule has 0 aromatic heterocycles. The van der Waals surface area contributed by atoms with Crippen LogP contribution in [0.4, 0.5) is 21.9 Å². The quantitative estimate of drug-likeness (QED) is 0.540. The molecule has 1 aliphatic rings. The molecule has 0 saturated carbocycles. The van der Waals surface area contributed by atoms with E-state index in [1.165, 1.54) is 6.34 Å². The fraction of sp³-hybridized carbons (Fsp3) is 0. The number of fused-ring (bicyclic) bond motifs is 1. The Balaban J connectivity index is 2.32. The molecule has 1 aliphatic heterocycles. The molecule has 6 heteroatoms. The number of rotatable bonds is 1. The number of hydroxylamine groups is 1. The lowest BCUT2D eigenvalue weighted by Gasteiger charge is -2.11. The number of hydrogen-bond donors (Lipinski definition) is 3. The Labute approximate surface area is 79.6 Å². The Kier molecular flexibility index (Phi) is 1.91. The van der Waals surface area contributed by atoms with Crippen molar-refractivity contribution in [2.24, 2.45) is 10.7 Å². The van der Waals surface area contributed by atoms with E-state index >= 15 is 0 Å². The zero-order valence-electron chi connectivity index (χ0n) is 7.15. The van der Waals surface area contributed by atoms with Crippen LogP contribution < -0.4 is 16.1 Å². The molecule has 0 fully saturated rings. The minimum absolute atomic E-state index is 0.120. The summed E-state index contributed by atoms with van der Waals surface area (Å²) in [5.41, 5.74) is 6.57. The first-order valence-corrected chi connectivity index (χ1v) is 3.96. The first-order chi connectivity index (χ1) is 6.66. The zero-order chi connectivity index (χ0) is 10.1. The number of urea groups is 1. The molecule has 14 heavy (non-hydrogen) atoms. The van der Waals surface area contributed by atoms with Crippen molar-refractivity contribution < 1.29 is 9.86 Å². The van der Waals surface area contributed by atoms with E-state index in [4.69, 9.17) is 5.73 Å². The average Bonchev–Trinajstić information content (AvgIpc) is 2.46. The molecule has 0 aliphatic carbocycles. The number of nitrogens with two attached hydrogens (primary N) is 1. The molecule has 0 bridgehead atoms. The molecular weight excluding hydrogens is 184 g/mol. The molecule has 0 saturated heterocycles. The van der Waals surface area contributed by atoms with Gasteiger partial charge in [0, 0.05) is 11.8 Å². The molecule has 1 heterocycles. The third-order valence-corrected chi connectivity index (χ3v) is 1.85. The van der Waals surface area contributed by atoms with Crippen molar-refractivity contribution in [1.29, 1.82) is 0 Å². The number of aliphatic imine (C=N–C) groups is 1. The number of anilines is 1. The molecule has 2 amide bonds. The summed E-state index contributed by atoms with van der Waals surface area (Å²) in [6.45, 7) is 0. The summed E-state index contributed by atoms with van der Waals surface area (Å²) in [4.78, 5) is 14.4. The van der Waals surface area contributed by atoms with Gasteiger partial charge in [0.15, 0.2) is 12.0 Å². The fourth-order valence-electron chi connectivity index (χ4n) is 1.26. The van der Waals surface area contributed by atoms with Gasteiger partial charge in [-0.25, -0.2) is 4.79 Å². The van der Waals surface area contributed by atoms with Crippen LogP contribution in [-0.4, -0.2) is 12.4 Å². The third kappa shape index (κ3) is 1.43. The fourth-order valence-corrected chi connectivity index (χ4v) is 1.26. The predicted octanol–water partition coefficient (Wildman–Crippen LogP) is -0.135. The third-order valence-electron chi connectivity index (χ3n) is 1.85. The van der Waals surface area contributed by atoms with Crippen molar-refractivity contribution in [1.82, 2.24) is 0 Å². The van der Waals surface area contributed by atoms with Gasteiger partial charge in [0.1, 0.15) is 5.69 Å².